The van der Waals surface area contributed by atoms with Gasteiger partial charge in [0.15, 0.2) is 6.61 Å². The number of nitrogens with zero attached hydrogens (tertiary/aromatic N) is 3. The molecular formula is C20H14ClN3O5S2. The van der Waals surface area contributed by atoms with E-state index in [0.717, 1.165) is 21.5 Å². The SMILES string of the molecule is O=C(OCC(=O)N1N=C(c2cccs2)CC1c1cccs1)c1cc([N+](=O)[O-])ccc1Cl. The molecule has 3 aromatic rings. The molecule has 0 N–H and O–H groups in total. The van der Waals surface area contributed by atoms with Crippen molar-refractivity contribution >= 4 is 57.6 Å². The number of thiophene rings is 2. The minimum atomic E-state index is -0.920. The topological polar surface area (TPSA) is 102 Å². The van der Waals surface area contributed by atoms with Crippen molar-refractivity contribution < 1.29 is 19.2 Å². The zero-order valence-electron chi connectivity index (χ0n) is 15.8. The number of nitro benzene ring substituents is 1. The number of non-ortho nitro benzene ring substituents is 1. The van der Waals surface area contributed by atoms with Crippen LogP contribution < -0.4 is 0 Å². The molecule has 1 aliphatic heterocycles. The Bertz CT molecular complexity index is 1160. The molecule has 4 rings (SSSR count). The maximum absolute atomic E-state index is 12.9. The predicted molar refractivity (Wildman–Crippen MR) is 118 cm³/mol. The van der Waals surface area contributed by atoms with Crippen LogP contribution in [0.1, 0.15) is 32.6 Å². The summed E-state index contributed by atoms with van der Waals surface area (Å²) in [5.41, 5.74) is 0.308. The van der Waals surface area contributed by atoms with Gasteiger partial charge < -0.3 is 4.74 Å². The Morgan fingerprint density at radius 2 is 2.00 bits per heavy atom. The van der Waals surface area contributed by atoms with E-state index in [-0.39, 0.29) is 22.3 Å². The second kappa shape index (κ2) is 8.96. The number of ether oxygens (including phenoxy) is 1. The number of hydrogen-bond acceptors (Lipinski definition) is 8. The number of hydrogen-bond donors (Lipinski definition) is 0. The summed E-state index contributed by atoms with van der Waals surface area (Å²) in [4.78, 5) is 37.5. The minimum Gasteiger partial charge on any atom is -0.452 e. The van der Waals surface area contributed by atoms with Crippen LogP contribution >= 0.6 is 34.3 Å². The molecule has 0 fully saturated rings. The first-order valence-electron chi connectivity index (χ1n) is 9.02. The number of rotatable bonds is 6. The van der Waals surface area contributed by atoms with Gasteiger partial charge in [-0.3, -0.25) is 14.9 Å². The highest BCUT2D eigenvalue weighted by atomic mass is 35.5. The fourth-order valence-electron chi connectivity index (χ4n) is 3.09. The number of halogens is 1. The molecule has 1 atom stereocenters. The van der Waals surface area contributed by atoms with Crippen LogP contribution in [0.25, 0.3) is 0 Å². The lowest BCUT2D eigenvalue weighted by molar-refractivity contribution is -0.384. The molecule has 1 amide bonds. The number of nitro groups is 1. The fourth-order valence-corrected chi connectivity index (χ4v) is 4.82. The highest BCUT2D eigenvalue weighted by Gasteiger charge is 2.34. The molecule has 0 bridgehead atoms. The van der Waals surface area contributed by atoms with E-state index in [1.54, 1.807) is 0 Å². The van der Waals surface area contributed by atoms with E-state index in [1.807, 2.05) is 35.0 Å². The van der Waals surface area contributed by atoms with Crippen molar-refractivity contribution in [3.05, 3.63) is 83.7 Å². The Balaban J connectivity index is 1.50. The van der Waals surface area contributed by atoms with Gasteiger partial charge >= 0.3 is 5.97 Å². The highest BCUT2D eigenvalue weighted by Crippen LogP contribution is 2.36. The van der Waals surface area contributed by atoms with Gasteiger partial charge in [-0.25, -0.2) is 9.80 Å². The van der Waals surface area contributed by atoms with Crippen LogP contribution in [0.2, 0.25) is 5.02 Å². The average Bonchev–Trinajstić information content (AvgIpc) is 3.52. The third kappa shape index (κ3) is 4.50. The summed E-state index contributed by atoms with van der Waals surface area (Å²) in [5.74, 6) is -1.42. The Hall–Kier alpha value is -3.08. The molecule has 0 spiro atoms. The predicted octanol–water partition coefficient (Wildman–Crippen LogP) is 4.91. The monoisotopic (exact) mass is 475 g/mol. The van der Waals surface area contributed by atoms with E-state index >= 15 is 0 Å². The van der Waals surface area contributed by atoms with Crippen LogP contribution in [0.5, 0.6) is 0 Å². The maximum Gasteiger partial charge on any atom is 0.340 e. The van der Waals surface area contributed by atoms with Crippen molar-refractivity contribution in [2.75, 3.05) is 6.61 Å². The van der Waals surface area contributed by atoms with Crippen molar-refractivity contribution in [1.29, 1.82) is 0 Å². The van der Waals surface area contributed by atoms with Crippen LogP contribution in [-0.2, 0) is 9.53 Å². The lowest BCUT2D eigenvalue weighted by Crippen LogP contribution is -2.31. The van der Waals surface area contributed by atoms with Gasteiger partial charge in [0.1, 0.15) is 0 Å². The van der Waals surface area contributed by atoms with Gasteiger partial charge in [0.25, 0.3) is 11.6 Å². The van der Waals surface area contributed by atoms with E-state index in [4.69, 9.17) is 16.3 Å². The highest BCUT2D eigenvalue weighted by molar-refractivity contribution is 7.12. The largest absolute Gasteiger partial charge is 0.452 e. The van der Waals surface area contributed by atoms with Crippen molar-refractivity contribution in [1.82, 2.24) is 5.01 Å². The van der Waals surface area contributed by atoms with Crippen LogP contribution in [-0.4, -0.2) is 34.1 Å². The standard InChI is InChI=1S/C20H14ClN3O5S2/c21-14-6-5-12(24(27)28)9-13(14)20(26)29-11-19(25)23-16(18-4-2-8-31-18)10-15(22-23)17-3-1-7-30-17/h1-9,16H,10-11H2. The Morgan fingerprint density at radius 3 is 2.68 bits per heavy atom. The van der Waals surface area contributed by atoms with Crippen molar-refractivity contribution in [3.63, 3.8) is 0 Å². The Labute approximate surface area is 189 Å². The van der Waals surface area contributed by atoms with Crippen LogP contribution in [0.3, 0.4) is 0 Å². The van der Waals surface area contributed by atoms with Crippen LogP contribution in [0.4, 0.5) is 5.69 Å². The lowest BCUT2D eigenvalue weighted by atomic mass is 10.1. The molecule has 0 saturated carbocycles. The third-order valence-corrected chi connectivity index (χ3v) is 6.77. The molecule has 11 heteroatoms. The Morgan fingerprint density at radius 1 is 1.23 bits per heavy atom. The first-order chi connectivity index (χ1) is 14.9. The number of amides is 1. The van der Waals surface area contributed by atoms with E-state index in [2.05, 4.69) is 5.10 Å². The molecule has 158 valence electrons. The summed E-state index contributed by atoms with van der Waals surface area (Å²) >= 11 is 9.02. The van der Waals surface area contributed by atoms with E-state index in [0.29, 0.717) is 6.42 Å². The van der Waals surface area contributed by atoms with Gasteiger partial charge in [-0.1, -0.05) is 23.7 Å². The smallest absolute Gasteiger partial charge is 0.340 e. The second-order valence-corrected chi connectivity index (χ2v) is 8.83. The summed E-state index contributed by atoms with van der Waals surface area (Å²) < 4.78 is 5.11. The van der Waals surface area contributed by atoms with Gasteiger partial charge in [-0.2, -0.15) is 5.10 Å². The quantitative estimate of drug-likeness (QED) is 0.286. The zero-order chi connectivity index (χ0) is 22.0. The van der Waals surface area contributed by atoms with Gasteiger partial charge in [0.2, 0.25) is 0 Å². The van der Waals surface area contributed by atoms with Gasteiger partial charge in [0.05, 0.1) is 32.1 Å². The number of esters is 1. The molecule has 1 unspecified atom stereocenters. The normalized spacial score (nSPS) is 15.6. The molecule has 1 aliphatic rings. The van der Waals surface area contributed by atoms with Crippen LogP contribution in [0.15, 0.2) is 58.3 Å². The summed E-state index contributed by atoms with van der Waals surface area (Å²) in [5, 5.41) is 20.6. The fraction of sp³-hybridized carbons (Fsp3) is 0.150. The van der Waals surface area contributed by atoms with Crippen molar-refractivity contribution in [2.24, 2.45) is 5.10 Å². The molecule has 0 aliphatic carbocycles. The maximum atomic E-state index is 12.9. The van der Waals surface area contributed by atoms with E-state index in [1.165, 1.54) is 39.8 Å². The number of hydrazone groups is 1. The number of carbonyl (C=O) groups excluding carboxylic acids is 2. The molecule has 8 nitrogen and oxygen atoms in total. The van der Waals surface area contributed by atoms with E-state index in [9.17, 15) is 19.7 Å². The third-order valence-electron chi connectivity index (χ3n) is 4.55. The summed E-state index contributed by atoms with van der Waals surface area (Å²) in [6.07, 6.45) is 0.553. The molecule has 0 saturated heterocycles. The molecule has 2 aromatic heterocycles. The first kappa shape index (κ1) is 21.2. The number of carbonyl (C=O) groups is 2. The molecule has 1 aromatic carbocycles. The van der Waals surface area contributed by atoms with Gasteiger partial charge in [-0.15, -0.1) is 22.7 Å². The Kier molecular flexibility index (Phi) is 6.12. The molecule has 3 heterocycles. The summed E-state index contributed by atoms with van der Waals surface area (Å²) in [6, 6.07) is 10.8. The lowest BCUT2D eigenvalue weighted by Gasteiger charge is -2.20. The number of benzene rings is 1. The first-order valence-corrected chi connectivity index (χ1v) is 11.2. The van der Waals surface area contributed by atoms with Crippen LogP contribution in [0, 0.1) is 10.1 Å². The molecular weight excluding hydrogens is 462 g/mol. The zero-order valence-corrected chi connectivity index (χ0v) is 18.2. The minimum absolute atomic E-state index is 0.00122. The molecule has 31 heavy (non-hydrogen) atoms. The van der Waals surface area contributed by atoms with Crippen molar-refractivity contribution in [3.8, 4) is 0 Å². The summed E-state index contributed by atoms with van der Waals surface area (Å²) in [7, 11) is 0. The average molecular weight is 476 g/mol. The van der Waals surface area contributed by atoms with Gasteiger partial charge in [-0.05, 0) is 29.0 Å². The van der Waals surface area contributed by atoms with Gasteiger partial charge in [0, 0.05) is 23.4 Å². The van der Waals surface area contributed by atoms with E-state index < -0.39 is 23.4 Å². The molecule has 0 radical (unpaired) electrons. The second-order valence-electron chi connectivity index (χ2n) is 6.50. The van der Waals surface area contributed by atoms with Crippen molar-refractivity contribution in [2.45, 2.75) is 12.5 Å². The summed E-state index contributed by atoms with van der Waals surface area (Å²) in [6.45, 7) is -0.569.